The number of aliphatic hydroxyl groups excluding tert-OH is 1. The first-order valence-electron chi connectivity index (χ1n) is 10.1. The van der Waals surface area contributed by atoms with E-state index < -0.39 is 17.7 Å². The summed E-state index contributed by atoms with van der Waals surface area (Å²) < 4.78 is 7.08. The highest BCUT2D eigenvalue weighted by molar-refractivity contribution is 6.46. The van der Waals surface area contributed by atoms with Gasteiger partial charge in [-0.1, -0.05) is 35.3 Å². The molecule has 1 saturated heterocycles. The van der Waals surface area contributed by atoms with E-state index >= 15 is 0 Å². The number of amides is 1. The number of rotatable bonds is 4. The number of hydrogen-bond acceptors (Lipinski definition) is 5. The van der Waals surface area contributed by atoms with E-state index in [0.29, 0.717) is 33.4 Å². The molecule has 0 saturated carbocycles. The van der Waals surface area contributed by atoms with E-state index in [9.17, 15) is 14.7 Å². The summed E-state index contributed by atoms with van der Waals surface area (Å²) in [5.74, 6) is -1.38. The quantitative estimate of drug-likeness (QED) is 0.247. The second-order valence-corrected chi connectivity index (χ2v) is 8.47. The Bertz CT molecular complexity index is 1440. The lowest BCUT2D eigenvalue weighted by Gasteiger charge is -2.24. The van der Waals surface area contributed by atoms with Crippen LogP contribution in [0.25, 0.3) is 11.4 Å². The molecule has 1 fully saturated rings. The van der Waals surface area contributed by atoms with Crippen LogP contribution in [-0.4, -0.2) is 31.1 Å². The summed E-state index contributed by atoms with van der Waals surface area (Å²) >= 11 is 12.3. The van der Waals surface area contributed by atoms with Crippen molar-refractivity contribution in [3.05, 3.63) is 99.3 Å². The number of pyridine rings is 1. The molecule has 7 nitrogen and oxygen atoms in total. The first kappa shape index (κ1) is 21.3. The summed E-state index contributed by atoms with van der Waals surface area (Å²) in [7, 11) is 0. The number of likely N-dealkylation sites (tertiary alicyclic amines) is 1. The van der Waals surface area contributed by atoms with Gasteiger partial charge in [-0.2, -0.15) is 0 Å². The molecule has 5 rings (SSSR count). The average Bonchev–Trinajstić information content (AvgIpc) is 3.48. The van der Waals surface area contributed by atoms with Crippen LogP contribution >= 0.6 is 23.2 Å². The van der Waals surface area contributed by atoms with Crippen molar-refractivity contribution < 1.29 is 19.1 Å². The SMILES string of the molecule is Cc1nc2ccccn2c1/C(O)=C1\C(=O)C(=O)N(Cc2ccco2)C1c1ccc(Cl)c(Cl)c1. The Morgan fingerprint density at radius 2 is 1.94 bits per heavy atom. The van der Waals surface area contributed by atoms with Crippen molar-refractivity contribution in [2.24, 2.45) is 0 Å². The largest absolute Gasteiger partial charge is 0.505 e. The minimum absolute atomic E-state index is 0.0331. The van der Waals surface area contributed by atoms with Crippen molar-refractivity contribution >= 4 is 46.3 Å². The smallest absolute Gasteiger partial charge is 0.296 e. The number of nitrogens with zero attached hydrogens (tertiary/aromatic N) is 3. The van der Waals surface area contributed by atoms with Crippen LogP contribution in [0.3, 0.4) is 0 Å². The van der Waals surface area contributed by atoms with Crippen LogP contribution in [0.4, 0.5) is 0 Å². The minimum Gasteiger partial charge on any atom is -0.505 e. The van der Waals surface area contributed by atoms with Gasteiger partial charge in [-0.3, -0.25) is 14.0 Å². The van der Waals surface area contributed by atoms with Crippen LogP contribution in [-0.2, 0) is 16.1 Å². The Morgan fingerprint density at radius 1 is 1.12 bits per heavy atom. The lowest BCUT2D eigenvalue weighted by atomic mass is 9.96. The van der Waals surface area contributed by atoms with Gasteiger partial charge in [0.05, 0.1) is 40.2 Å². The van der Waals surface area contributed by atoms with E-state index in [-0.39, 0.29) is 22.9 Å². The van der Waals surface area contributed by atoms with Crippen LogP contribution < -0.4 is 0 Å². The normalized spacial score (nSPS) is 17.9. The Morgan fingerprint density at radius 3 is 2.67 bits per heavy atom. The van der Waals surface area contributed by atoms with Crippen molar-refractivity contribution in [1.82, 2.24) is 14.3 Å². The molecule has 3 aromatic heterocycles. The van der Waals surface area contributed by atoms with Gasteiger partial charge in [0.2, 0.25) is 0 Å². The van der Waals surface area contributed by atoms with Crippen molar-refractivity contribution in [2.75, 3.05) is 0 Å². The van der Waals surface area contributed by atoms with Crippen LogP contribution in [0.15, 0.2) is 71.0 Å². The molecule has 1 aliphatic rings. The lowest BCUT2D eigenvalue weighted by Crippen LogP contribution is -2.29. The number of Topliss-reactive ketones (excluding diaryl/α,β-unsaturated/α-hetero) is 1. The average molecular weight is 482 g/mol. The van der Waals surface area contributed by atoms with E-state index in [4.69, 9.17) is 27.6 Å². The number of fused-ring (bicyclic) bond motifs is 1. The van der Waals surface area contributed by atoms with Crippen molar-refractivity contribution in [1.29, 1.82) is 0 Å². The Labute approximate surface area is 198 Å². The molecule has 1 atom stereocenters. The predicted molar refractivity (Wildman–Crippen MR) is 123 cm³/mol. The van der Waals surface area contributed by atoms with E-state index in [1.807, 2.05) is 6.07 Å². The van der Waals surface area contributed by atoms with Crippen molar-refractivity contribution in [2.45, 2.75) is 19.5 Å². The number of aryl methyl sites for hydroxylation is 1. The maximum Gasteiger partial charge on any atom is 0.296 e. The van der Waals surface area contributed by atoms with Gasteiger partial charge < -0.3 is 14.4 Å². The molecule has 1 aliphatic heterocycles. The summed E-state index contributed by atoms with van der Waals surface area (Å²) in [4.78, 5) is 32.2. The molecule has 0 spiro atoms. The molecule has 1 aromatic carbocycles. The standard InChI is InChI=1S/C24H17Cl2N3O4/c1-13-20(28-9-3-2-6-18(28)27-13)22(30)19-21(14-7-8-16(25)17(26)11-14)29(24(32)23(19)31)12-15-5-4-10-33-15/h2-11,21,30H,12H2,1H3/b22-19+. The molecule has 1 unspecified atom stereocenters. The maximum atomic E-state index is 13.2. The third-order valence-electron chi connectivity index (χ3n) is 5.63. The van der Waals surface area contributed by atoms with Gasteiger partial charge in [-0.25, -0.2) is 4.98 Å². The lowest BCUT2D eigenvalue weighted by molar-refractivity contribution is -0.140. The number of halogens is 2. The highest BCUT2D eigenvalue weighted by Gasteiger charge is 2.47. The Hall–Kier alpha value is -3.55. The number of carbonyl (C=O) groups is 2. The monoisotopic (exact) mass is 481 g/mol. The second kappa shape index (κ2) is 8.10. The van der Waals surface area contributed by atoms with Crippen molar-refractivity contribution in [3.63, 3.8) is 0 Å². The van der Waals surface area contributed by atoms with Gasteiger partial charge in [0.15, 0.2) is 5.76 Å². The number of aromatic nitrogens is 2. The summed E-state index contributed by atoms with van der Waals surface area (Å²) in [5, 5.41) is 12.0. The molecule has 33 heavy (non-hydrogen) atoms. The number of carbonyl (C=O) groups excluding carboxylic acids is 2. The summed E-state index contributed by atoms with van der Waals surface area (Å²) in [5.41, 5.74) is 1.94. The zero-order valence-electron chi connectivity index (χ0n) is 17.3. The zero-order chi connectivity index (χ0) is 23.3. The van der Waals surface area contributed by atoms with Crippen LogP contribution in [0.1, 0.15) is 28.8 Å². The molecule has 9 heteroatoms. The molecule has 1 N–H and O–H groups in total. The number of imidazole rings is 1. The van der Waals surface area contributed by atoms with Crippen LogP contribution in [0.2, 0.25) is 10.0 Å². The molecule has 4 heterocycles. The summed E-state index contributed by atoms with van der Waals surface area (Å²) in [6, 6.07) is 12.8. The summed E-state index contributed by atoms with van der Waals surface area (Å²) in [6.45, 7) is 1.76. The number of hydrogen-bond donors (Lipinski definition) is 1. The zero-order valence-corrected chi connectivity index (χ0v) is 18.8. The van der Waals surface area contributed by atoms with E-state index in [2.05, 4.69) is 4.98 Å². The van der Waals surface area contributed by atoms with Gasteiger partial charge in [0.25, 0.3) is 11.7 Å². The van der Waals surface area contributed by atoms with Gasteiger partial charge >= 0.3 is 0 Å². The molecular formula is C24H17Cl2N3O4. The molecule has 0 bridgehead atoms. The van der Waals surface area contributed by atoms with Gasteiger partial charge in [-0.15, -0.1) is 0 Å². The Kier molecular flexibility index (Phi) is 5.23. The molecule has 0 radical (unpaired) electrons. The molecule has 0 aliphatic carbocycles. The number of aliphatic hydroxyl groups is 1. The second-order valence-electron chi connectivity index (χ2n) is 7.65. The topological polar surface area (TPSA) is 88.0 Å². The number of ketones is 1. The molecule has 166 valence electrons. The Balaban J connectivity index is 1.74. The fraction of sp³-hybridized carbons (Fsp3) is 0.125. The third kappa shape index (κ3) is 3.50. The first-order chi connectivity index (χ1) is 15.9. The third-order valence-corrected chi connectivity index (χ3v) is 6.37. The molecule has 1 amide bonds. The predicted octanol–water partition coefficient (Wildman–Crippen LogP) is 5.16. The highest BCUT2D eigenvalue weighted by Crippen LogP contribution is 2.42. The fourth-order valence-electron chi connectivity index (χ4n) is 4.17. The highest BCUT2D eigenvalue weighted by atomic mass is 35.5. The van der Waals surface area contributed by atoms with Gasteiger partial charge in [0.1, 0.15) is 17.1 Å². The fourth-order valence-corrected chi connectivity index (χ4v) is 4.48. The van der Waals surface area contributed by atoms with Crippen LogP contribution in [0, 0.1) is 6.92 Å². The minimum atomic E-state index is -0.904. The molecular weight excluding hydrogens is 465 g/mol. The van der Waals surface area contributed by atoms with Gasteiger partial charge in [-0.05, 0) is 48.9 Å². The van der Waals surface area contributed by atoms with Crippen molar-refractivity contribution in [3.8, 4) is 0 Å². The van der Waals surface area contributed by atoms with Crippen LogP contribution in [0.5, 0.6) is 0 Å². The first-order valence-corrected chi connectivity index (χ1v) is 10.8. The molecule has 4 aromatic rings. The summed E-state index contributed by atoms with van der Waals surface area (Å²) in [6.07, 6.45) is 3.22. The number of benzene rings is 1. The number of furan rings is 1. The van der Waals surface area contributed by atoms with E-state index in [1.165, 1.54) is 11.2 Å². The van der Waals surface area contributed by atoms with E-state index in [0.717, 1.165) is 0 Å². The maximum absolute atomic E-state index is 13.2. The van der Waals surface area contributed by atoms with E-state index in [1.54, 1.807) is 60.0 Å². The van der Waals surface area contributed by atoms with Gasteiger partial charge in [0, 0.05) is 6.20 Å².